The van der Waals surface area contributed by atoms with E-state index in [4.69, 9.17) is 5.73 Å². The summed E-state index contributed by atoms with van der Waals surface area (Å²) in [5, 5.41) is 0. The molecule has 1 atom stereocenters. The molecule has 2 aromatic carbocycles. The number of imidazole rings is 1. The Bertz CT molecular complexity index is 807. The quantitative estimate of drug-likeness (QED) is 0.794. The largest absolute Gasteiger partial charge is 0.326 e. The summed E-state index contributed by atoms with van der Waals surface area (Å²) in [7, 11) is 0. The number of aryl methyl sites for hydroxylation is 4. The minimum absolute atomic E-state index is 0.0306. The second kappa shape index (κ2) is 5.58. The van der Waals surface area contributed by atoms with Gasteiger partial charge in [0, 0.05) is 12.6 Å². The van der Waals surface area contributed by atoms with Gasteiger partial charge in [0.25, 0.3) is 0 Å². The molecule has 0 fully saturated rings. The number of hydrogen-bond acceptors (Lipinski definition) is 2. The van der Waals surface area contributed by atoms with Crippen LogP contribution < -0.4 is 5.73 Å². The number of hydrogen-bond donors (Lipinski definition) is 1. The van der Waals surface area contributed by atoms with Crippen LogP contribution in [-0.4, -0.2) is 9.55 Å². The van der Waals surface area contributed by atoms with Crippen molar-refractivity contribution in [2.24, 2.45) is 5.73 Å². The highest BCUT2D eigenvalue weighted by molar-refractivity contribution is 5.75. The molecular weight excluding hydrogens is 270 g/mol. The highest BCUT2D eigenvalue weighted by atomic mass is 15.1. The Hall–Kier alpha value is -2.13. The van der Waals surface area contributed by atoms with Crippen LogP contribution in [0.3, 0.4) is 0 Å². The molecule has 0 spiro atoms. The fourth-order valence-corrected chi connectivity index (χ4v) is 3.49. The molecule has 114 valence electrons. The minimum Gasteiger partial charge on any atom is -0.326 e. The van der Waals surface area contributed by atoms with Gasteiger partial charge in [0.2, 0.25) is 0 Å². The summed E-state index contributed by atoms with van der Waals surface area (Å²) in [5.74, 6) is 1.01. The fraction of sp³-hybridized carbons (Fsp3) is 0.316. The lowest BCUT2D eigenvalue weighted by Gasteiger charge is -2.20. The Labute approximate surface area is 131 Å². The SMILES string of the molecule is Cc1cc(C)c(C(N)Cn2c(C)nc3ccccc32)c(C)c1. The fourth-order valence-electron chi connectivity index (χ4n) is 3.49. The summed E-state index contributed by atoms with van der Waals surface area (Å²) in [6, 6.07) is 12.6. The van der Waals surface area contributed by atoms with E-state index < -0.39 is 0 Å². The molecule has 3 heteroatoms. The van der Waals surface area contributed by atoms with Crippen molar-refractivity contribution < 1.29 is 0 Å². The van der Waals surface area contributed by atoms with Crippen LogP contribution in [-0.2, 0) is 6.54 Å². The Morgan fingerprint density at radius 3 is 2.36 bits per heavy atom. The molecule has 0 aliphatic rings. The molecule has 3 rings (SSSR count). The predicted molar refractivity (Wildman–Crippen MR) is 92.1 cm³/mol. The number of aromatic nitrogens is 2. The molecule has 1 aromatic heterocycles. The molecule has 0 aliphatic heterocycles. The van der Waals surface area contributed by atoms with Crippen molar-refractivity contribution in [2.45, 2.75) is 40.3 Å². The molecule has 1 heterocycles. The van der Waals surface area contributed by atoms with Gasteiger partial charge in [-0.15, -0.1) is 0 Å². The van der Waals surface area contributed by atoms with Crippen LogP contribution in [0.15, 0.2) is 36.4 Å². The number of rotatable bonds is 3. The first-order chi connectivity index (χ1) is 10.5. The maximum Gasteiger partial charge on any atom is 0.106 e. The number of para-hydroxylation sites is 2. The second-order valence-electron chi connectivity index (χ2n) is 6.18. The summed E-state index contributed by atoms with van der Waals surface area (Å²) >= 11 is 0. The molecule has 1 unspecified atom stereocenters. The Kier molecular flexibility index (Phi) is 3.75. The van der Waals surface area contributed by atoms with Crippen molar-refractivity contribution in [3.63, 3.8) is 0 Å². The van der Waals surface area contributed by atoms with Gasteiger partial charge in [-0.1, -0.05) is 29.8 Å². The van der Waals surface area contributed by atoms with Gasteiger partial charge in [0.15, 0.2) is 0 Å². The molecule has 3 aromatic rings. The van der Waals surface area contributed by atoms with Gasteiger partial charge in [0.1, 0.15) is 5.82 Å². The summed E-state index contributed by atoms with van der Waals surface area (Å²) in [6.45, 7) is 9.21. The lowest BCUT2D eigenvalue weighted by Crippen LogP contribution is -2.20. The van der Waals surface area contributed by atoms with Crippen LogP contribution in [0.1, 0.15) is 34.1 Å². The number of fused-ring (bicyclic) bond motifs is 1. The predicted octanol–water partition coefficient (Wildman–Crippen LogP) is 3.97. The lowest BCUT2D eigenvalue weighted by atomic mass is 9.94. The van der Waals surface area contributed by atoms with E-state index in [1.54, 1.807) is 0 Å². The van der Waals surface area contributed by atoms with Crippen LogP contribution in [0.5, 0.6) is 0 Å². The first-order valence-electron chi connectivity index (χ1n) is 7.72. The van der Waals surface area contributed by atoms with E-state index in [9.17, 15) is 0 Å². The molecular formula is C19H23N3. The molecule has 0 saturated heterocycles. The van der Waals surface area contributed by atoms with Gasteiger partial charge in [0.05, 0.1) is 11.0 Å². The van der Waals surface area contributed by atoms with Gasteiger partial charge in [-0.25, -0.2) is 4.98 Å². The van der Waals surface area contributed by atoms with E-state index in [0.717, 1.165) is 23.4 Å². The topological polar surface area (TPSA) is 43.8 Å². The summed E-state index contributed by atoms with van der Waals surface area (Å²) in [6.07, 6.45) is 0. The Morgan fingerprint density at radius 2 is 1.68 bits per heavy atom. The van der Waals surface area contributed by atoms with Crippen molar-refractivity contribution in [3.8, 4) is 0 Å². The summed E-state index contributed by atoms with van der Waals surface area (Å²) in [5.41, 5.74) is 13.8. The second-order valence-corrected chi connectivity index (χ2v) is 6.18. The van der Waals surface area contributed by atoms with Crippen molar-refractivity contribution in [1.82, 2.24) is 9.55 Å². The maximum atomic E-state index is 6.55. The van der Waals surface area contributed by atoms with Crippen molar-refractivity contribution in [3.05, 3.63) is 64.5 Å². The third-order valence-electron chi connectivity index (χ3n) is 4.33. The van der Waals surface area contributed by atoms with E-state index in [-0.39, 0.29) is 6.04 Å². The van der Waals surface area contributed by atoms with E-state index in [1.165, 1.54) is 22.3 Å². The smallest absolute Gasteiger partial charge is 0.106 e. The minimum atomic E-state index is -0.0306. The van der Waals surface area contributed by atoms with Gasteiger partial charge in [-0.3, -0.25) is 0 Å². The van der Waals surface area contributed by atoms with Crippen molar-refractivity contribution >= 4 is 11.0 Å². The monoisotopic (exact) mass is 293 g/mol. The first kappa shape index (κ1) is 14.8. The maximum absolute atomic E-state index is 6.55. The standard InChI is InChI=1S/C19H23N3/c1-12-9-13(2)19(14(3)10-12)16(20)11-22-15(4)21-17-7-5-6-8-18(17)22/h5-10,16H,11,20H2,1-4H3. The molecule has 2 N–H and O–H groups in total. The highest BCUT2D eigenvalue weighted by Gasteiger charge is 2.16. The van der Waals surface area contributed by atoms with Crippen LogP contribution >= 0.6 is 0 Å². The zero-order valence-corrected chi connectivity index (χ0v) is 13.7. The van der Waals surface area contributed by atoms with Gasteiger partial charge < -0.3 is 10.3 Å². The van der Waals surface area contributed by atoms with E-state index >= 15 is 0 Å². The highest BCUT2D eigenvalue weighted by Crippen LogP contribution is 2.25. The molecule has 0 aliphatic carbocycles. The van der Waals surface area contributed by atoms with Crippen molar-refractivity contribution in [1.29, 1.82) is 0 Å². The normalized spacial score (nSPS) is 12.8. The van der Waals surface area contributed by atoms with Crippen LogP contribution in [0.4, 0.5) is 0 Å². The lowest BCUT2D eigenvalue weighted by molar-refractivity contribution is 0.572. The zero-order valence-electron chi connectivity index (χ0n) is 13.7. The molecule has 0 saturated carbocycles. The third kappa shape index (κ3) is 2.53. The molecule has 22 heavy (non-hydrogen) atoms. The van der Waals surface area contributed by atoms with Crippen LogP contribution in [0.2, 0.25) is 0 Å². The number of nitrogens with zero attached hydrogens (tertiary/aromatic N) is 2. The molecule has 3 nitrogen and oxygen atoms in total. The van der Waals surface area contributed by atoms with Crippen LogP contribution in [0, 0.1) is 27.7 Å². The van der Waals surface area contributed by atoms with Crippen molar-refractivity contribution in [2.75, 3.05) is 0 Å². The van der Waals surface area contributed by atoms with Gasteiger partial charge in [-0.05, 0) is 56.5 Å². The van der Waals surface area contributed by atoms with E-state index in [2.05, 4.69) is 48.5 Å². The molecule has 0 amide bonds. The Balaban J connectivity index is 2.00. The summed E-state index contributed by atoms with van der Waals surface area (Å²) < 4.78 is 2.22. The van der Waals surface area contributed by atoms with Gasteiger partial charge >= 0.3 is 0 Å². The van der Waals surface area contributed by atoms with E-state index in [1.807, 2.05) is 25.1 Å². The van der Waals surface area contributed by atoms with E-state index in [0.29, 0.717) is 0 Å². The number of benzene rings is 2. The van der Waals surface area contributed by atoms with Gasteiger partial charge in [-0.2, -0.15) is 0 Å². The number of nitrogens with two attached hydrogens (primary N) is 1. The average molecular weight is 293 g/mol. The van der Waals surface area contributed by atoms with Crippen LogP contribution in [0.25, 0.3) is 11.0 Å². The average Bonchev–Trinajstić information content (AvgIpc) is 2.74. The summed E-state index contributed by atoms with van der Waals surface area (Å²) in [4.78, 5) is 4.63. The zero-order chi connectivity index (χ0) is 15.9. The first-order valence-corrected chi connectivity index (χ1v) is 7.72. The third-order valence-corrected chi connectivity index (χ3v) is 4.33. The Morgan fingerprint density at radius 1 is 1.05 bits per heavy atom. The molecule has 0 radical (unpaired) electrons. The molecule has 0 bridgehead atoms.